The van der Waals surface area contributed by atoms with Gasteiger partial charge in [-0.25, -0.2) is 0 Å². The standard InChI is InChI=1S/C24H29N3O3S.C2H6/c28-23(21-10-9-20(31-21)17-8-4-5-13-25-17)26-22(16-6-2-1-3-7-16)24(29)27-14-11-19-18(27)12-15-30-19;1-2/h4-5,8-10,13,16,18-19,22H,1-3,6-7,11-12,14-15H2,(H,26,28);1-2H3/t18-,19-,22?;/m1./s1. The Morgan fingerprint density at radius 3 is 2.67 bits per heavy atom. The number of rotatable bonds is 5. The highest BCUT2D eigenvalue weighted by Crippen LogP contribution is 2.33. The Balaban J connectivity index is 0.00000126. The summed E-state index contributed by atoms with van der Waals surface area (Å²) in [6.45, 7) is 5.46. The van der Waals surface area contributed by atoms with Gasteiger partial charge in [-0.05, 0) is 55.9 Å². The lowest BCUT2D eigenvalue weighted by Crippen LogP contribution is -2.54. The number of fused-ring (bicyclic) bond motifs is 1. The number of thiophene rings is 1. The summed E-state index contributed by atoms with van der Waals surface area (Å²) in [6, 6.07) is 9.25. The molecule has 1 saturated carbocycles. The minimum Gasteiger partial charge on any atom is -0.376 e. The van der Waals surface area contributed by atoms with Gasteiger partial charge >= 0.3 is 0 Å². The minimum atomic E-state index is -0.451. The van der Waals surface area contributed by atoms with Gasteiger partial charge in [0.05, 0.1) is 27.6 Å². The fraction of sp³-hybridized carbons (Fsp3) is 0.577. The maximum Gasteiger partial charge on any atom is 0.262 e. The van der Waals surface area contributed by atoms with Crippen molar-refractivity contribution < 1.29 is 14.3 Å². The van der Waals surface area contributed by atoms with Crippen molar-refractivity contribution in [1.82, 2.24) is 15.2 Å². The van der Waals surface area contributed by atoms with E-state index in [4.69, 9.17) is 4.74 Å². The van der Waals surface area contributed by atoms with E-state index in [1.54, 1.807) is 6.20 Å². The highest BCUT2D eigenvalue weighted by atomic mass is 32.1. The van der Waals surface area contributed by atoms with Crippen molar-refractivity contribution in [3.8, 4) is 10.6 Å². The number of nitrogens with zero attached hydrogens (tertiary/aromatic N) is 2. The van der Waals surface area contributed by atoms with Crippen LogP contribution >= 0.6 is 11.3 Å². The average Bonchev–Trinajstić information content (AvgIpc) is 3.62. The Morgan fingerprint density at radius 1 is 1.09 bits per heavy atom. The zero-order valence-electron chi connectivity index (χ0n) is 19.7. The van der Waals surface area contributed by atoms with Gasteiger partial charge in [-0.15, -0.1) is 11.3 Å². The number of ether oxygens (including phenoxy) is 1. The summed E-state index contributed by atoms with van der Waals surface area (Å²) in [7, 11) is 0. The minimum absolute atomic E-state index is 0.0831. The van der Waals surface area contributed by atoms with Crippen LogP contribution in [0.3, 0.4) is 0 Å². The lowest BCUT2D eigenvalue weighted by molar-refractivity contribution is -0.136. The molecule has 7 heteroatoms. The predicted molar refractivity (Wildman–Crippen MR) is 131 cm³/mol. The van der Waals surface area contributed by atoms with Crippen molar-refractivity contribution in [3.63, 3.8) is 0 Å². The van der Waals surface area contributed by atoms with Crippen LogP contribution in [0.4, 0.5) is 0 Å². The maximum atomic E-state index is 13.6. The topological polar surface area (TPSA) is 71.5 Å². The summed E-state index contributed by atoms with van der Waals surface area (Å²) < 4.78 is 5.79. The normalized spacial score (nSPS) is 23.4. The molecule has 2 aliphatic heterocycles. The van der Waals surface area contributed by atoms with Crippen LogP contribution in [0.1, 0.15) is 68.5 Å². The van der Waals surface area contributed by atoms with Crippen LogP contribution in [0, 0.1) is 5.92 Å². The van der Waals surface area contributed by atoms with Crippen LogP contribution in [0.25, 0.3) is 10.6 Å². The monoisotopic (exact) mass is 469 g/mol. The van der Waals surface area contributed by atoms with Gasteiger partial charge in [0.2, 0.25) is 5.91 Å². The zero-order valence-corrected chi connectivity index (χ0v) is 20.5. The van der Waals surface area contributed by atoms with Gasteiger partial charge in [-0.1, -0.05) is 39.2 Å². The number of hydrogen-bond acceptors (Lipinski definition) is 5. The molecule has 2 amide bonds. The molecule has 0 radical (unpaired) electrons. The molecule has 0 bridgehead atoms. The number of nitrogens with one attached hydrogen (secondary N) is 1. The molecule has 3 aliphatic rings. The molecule has 2 saturated heterocycles. The van der Waals surface area contributed by atoms with Crippen molar-refractivity contribution in [2.45, 2.75) is 77.0 Å². The average molecular weight is 470 g/mol. The summed E-state index contributed by atoms with van der Waals surface area (Å²) in [6.07, 6.45) is 9.20. The summed E-state index contributed by atoms with van der Waals surface area (Å²) in [5.74, 6) is 0.135. The molecule has 2 aromatic heterocycles. The Kier molecular flexibility index (Phi) is 8.15. The van der Waals surface area contributed by atoms with E-state index in [0.29, 0.717) is 4.88 Å². The molecular formula is C26H35N3O3S. The van der Waals surface area contributed by atoms with Gasteiger partial charge in [0.25, 0.3) is 5.91 Å². The first-order valence-electron chi connectivity index (χ1n) is 12.4. The van der Waals surface area contributed by atoms with Crippen LogP contribution in [-0.4, -0.2) is 53.0 Å². The highest BCUT2D eigenvalue weighted by Gasteiger charge is 2.44. The van der Waals surface area contributed by atoms with Gasteiger partial charge in [-0.3, -0.25) is 14.6 Å². The maximum absolute atomic E-state index is 13.6. The summed E-state index contributed by atoms with van der Waals surface area (Å²) in [5.41, 5.74) is 0.857. The molecule has 0 aromatic carbocycles. The van der Waals surface area contributed by atoms with Crippen LogP contribution in [0.2, 0.25) is 0 Å². The number of likely N-dealkylation sites (tertiary alicyclic amines) is 1. The van der Waals surface area contributed by atoms with Crippen LogP contribution < -0.4 is 5.32 Å². The molecule has 6 nitrogen and oxygen atoms in total. The Labute approximate surface area is 200 Å². The Bertz CT molecular complexity index is 926. The zero-order chi connectivity index (χ0) is 23.2. The second kappa shape index (κ2) is 11.3. The molecule has 4 heterocycles. The smallest absolute Gasteiger partial charge is 0.262 e. The molecular weight excluding hydrogens is 434 g/mol. The van der Waals surface area contributed by atoms with Gasteiger partial charge in [0.15, 0.2) is 0 Å². The van der Waals surface area contributed by atoms with Crippen molar-refractivity contribution in [3.05, 3.63) is 41.4 Å². The van der Waals surface area contributed by atoms with Crippen molar-refractivity contribution >= 4 is 23.2 Å². The van der Waals surface area contributed by atoms with Crippen LogP contribution in [0.15, 0.2) is 36.5 Å². The summed E-state index contributed by atoms with van der Waals surface area (Å²) >= 11 is 1.42. The van der Waals surface area contributed by atoms with Crippen LogP contribution in [-0.2, 0) is 9.53 Å². The third-order valence-electron chi connectivity index (χ3n) is 6.93. The van der Waals surface area contributed by atoms with E-state index in [0.717, 1.165) is 62.2 Å². The summed E-state index contributed by atoms with van der Waals surface area (Å²) in [4.78, 5) is 34.7. The highest BCUT2D eigenvalue weighted by molar-refractivity contribution is 7.17. The van der Waals surface area contributed by atoms with Gasteiger partial charge < -0.3 is 15.0 Å². The molecule has 3 atom stereocenters. The number of carbonyl (C=O) groups is 2. The molecule has 178 valence electrons. The third-order valence-corrected chi connectivity index (χ3v) is 8.04. The first-order valence-corrected chi connectivity index (χ1v) is 13.3. The second-order valence-corrected chi connectivity index (χ2v) is 9.90. The summed E-state index contributed by atoms with van der Waals surface area (Å²) in [5, 5.41) is 3.14. The molecule has 0 spiro atoms. The van der Waals surface area contributed by atoms with E-state index in [1.807, 2.05) is 49.1 Å². The number of pyridine rings is 1. The van der Waals surface area contributed by atoms with Gasteiger partial charge in [0, 0.05) is 19.3 Å². The fourth-order valence-electron chi connectivity index (χ4n) is 5.32. The largest absolute Gasteiger partial charge is 0.376 e. The molecule has 5 rings (SSSR count). The third kappa shape index (κ3) is 5.30. The van der Waals surface area contributed by atoms with E-state index >= 15 is 0 Å². The van der Waals surface area contributed by atoms with Gasteiger partial charge in [-0.2, -0.15) is 0 Å². The number of amides is 2. The van der Waals surface area contributed by atoms with Gasteiger partial charge in [0.1, 0.15) is 6.04 Å². The Morgan fingerprint density at radius 2 is 1.91 bits per heavy atom. The first kappa shape index (κ1) is 23.9. The lowest BCUT2D eigenvalue weighted by Gasteiger charge is -2.34. The van der Waals surface area contributed by atoms with E-state index in [-0.39, 0.29) is 29.9 Å². The predicted octanol–water partition coefficient (Wildman–Crippen LogP) is 4.90. The molecule has 1 N–H and O–H groups in total. The number of hydrogen-bond donors (Lipinski definition) is 1. The molecule has 1 unspecified atom stereocenters. The van der Waals surface area contributed by atoms with E-state index in [2.05, 4.69) is 10.3 Å². The van der Waals surface area contributed by atoms with Crippen LogP contribution in [0.5, 0.6) is 0 Å². The van der Waals surface area contributed by atoms with E-state index in [1.165, 1.54) is 17.8 Å². The van der Waals surface area contributed by atoms with E-state index < -0.39 is 6.04 Å². The number of aromatic nitrogens is 1. The number of carbonyl (C=O) groups excluding carboxylic acids is 2. The quantitative estimate of drug-likeness (QED) is 0.676. The second-order valence-electron chi connectivity index (χ2n) is 8.81. The fourth-order valence-corrected chi connectivity index (χ4v) is 6.21. The SMILES string of the molecule is CC.O=C(NC(C(=O)N1CC[C@H]2OCC[C@H]21)C1CCCCC1)c1ccc(-c2ccccn2)s1. The molecule has 33 heavy (non-hydrogen) atoms. The van der Waals surface area contributed by atoms with Crippen molar-refractivity contribution in [2.75, 3.05) is 13.2 Å². The van der Waals surface area contributed by atoms with E-state index in [9.17, 15) is 9.59 Å². The Hall–Kier alpha value is -2.25. The molecule has 2 aromatic rings. The first-order chi connectivity index (χ1) is 16.2. The van der Waals surface area contributed by atoms with Crippen molar-refractivity contribution in [1.29, 1.82) is 0 Å². The molecule has 3 fully saturated rings. The van der Waals surface area contributed by atoms with Crippen molar-refractivity contribution in [2.24, 2.45) is 5.92 Å². The lowest BCUT2D eigenvalue weighted by atomic mass is 9.83. The molecule has 1 aliphatic carbocycles.